The summed E-state index contributed by atoms with van der Waals surface area (Å²) in [6.45, 7) is 2.02. The van der Waals surface area contributed by atoms with Crippen LogP contribution in [0.4, 0.5) is 0 Å². The Morgan fingerprint density at radius 1 is 1.00 bits per heavy atom. The molecule has 0 spiro atoms. The highest BCUT2D eigenvalue weighted by Crippen LogP contribution is 2.38. The Bertz CT molecular complexity index is 746. The molecule has 2 nitrogen and oxygen atoms in total. The monoisotopic (exact) mass is 322 g/mol. The molecule has 3 rings (SSSR count). The van der Waals surface area contributed by atoms with Gasteiger partial charge in [0.15, 0.2) is 5.78 Å². The van der Waals surface area contributed by atoms with E-state index in [1.165, 1.54) is 0 Å². The highest BCUT2D eigenvalue weighted by Gasteiger charge is 2.20. The maximum Gasteiger partial charge on any atom is 0.164 e. The van der Waals surface area contributed by atoms with E-state index in [9.17, 15) is 4.79 Å². The van der Waals surface area contributed by atoms with Gasteiger partial charge < -0.3 is 4.42 Å². The summed E-state index contributed by atoms with van der Waals surface area (Å²) < 4.78 is 5.55. The minimum absolute atomic E-state index is 0.0267. The molecule has 0 amide bonds. The molecule has 1 unspecified atom stereocenters. The number of aryl methyl sites for hydroxylation is 1. The lowest BCUT2D eigenvalue weighted by Crippen LogP contribution is -2.05. The van der Waals surface area contributed by atoms with Crippen molar-refractivity contribution in [2.24, 2.45) is 0 Å². The molecule has 0 saturated heterocycles. The summed E-state index contributed by atoms with van der Waals surface area (Å²) in [7, 11) is 0. The Balaban J connectivity index is 1.78. The molecule has 23 heavy (non-hydrogen) atoms. The first-order chi connectivity index (χ1) is 11.2. The van der Waals surface area contributed by atoms with E-state index >= 15 is 0 Å². The van der Waals surface area contributed by atoms with Crippen molar-refractivity contribution >= 4 is 17.5 Å². The molecule has 0 aliphatic heterocycles. The van der Waals surface area contributed by atoms with Gasteiger partial charge in [-0.25, -0.2) is 0 Å². The van der Waals surface area contributed by atoms with E-state index in [-0.39, 0.29) is 11.0 Å². The average molecular weight is 322 g/mol. The third kappa shape index (κ3) is 4.14. The Morgan fingerprint density at radius 2 is 1.74 bits per heavy atom. The topological polar surface area (TPSA) is 30.2 Å². The minimum Gasteiger partial charge on any atom is -0.468 e. The number of thioether (sulfide) groups is 1. The summed E-state index contributed by atoms with van der Waals surface area (Å²) in [6.07, 6.45) is 2.07. The highest BCUT2D eigenvalue weighted by molar-refractivity contribution is 7.99. The van der Waals surface area contributed by atoms with Crippen LogP contribution >= 0.6 is 11.8 Å². The summed E-state index contributed by atoms with van der Waals surface area (Å²) in [5.41, 5.74) is 1.91. The van der Waals surface area contributed by atoms with Gasteiger partial charge in [-0.3, -0.25) is 4.79 Å². The number of rotatable bonds is 6. The lowest BCUT2D eigenvalue weighted by Gasteiger charge is -2.14. The van der Waals surface area contributed by atoms with Crippen molar-refractivity contribution in [2.75, 3.05) is 0 Å². The fraction of sp³-hybridized carbons (Fsp3) is 0.150. The van der Waals surface area contributed by atoms with Gasteiger partial charge in [0.05, 0.1) is 11.5 Å². The van der Waals surface area contributed by atoms with Gasteiger partial charge in [0.25, 0.3) is 0 Å². The average Bonchev–Trinajstić information content (AvgIpc) is 3.10. The normalized spacial score (nSPS) is 12.0. The van der Waals surface area contributed by atoms with E-state index in [1.807, 2.05) is 61.5 Å². The van der Waals surface area contributed by atoms with Crippen LogP contribution in [0.2, 0.25) is 0 Å². The second kappa shape index (κ2) is 7.34. The Kier molecular flexibility index (Phi) is 4.99. The van der Waals surface area contributed by atoms with Crippen LogP contribution in [0.25, 0.3) is 0 Å². The van der Waals surface area contributed by atoms with Gasteiger partial charge in [-0.2, -0.15) is 0 Å². The fourth-order valence-electron chi connectivity index (χ4n) is 2.36. The molecule has 1 aromatic heterocycles. The van der Waals surface area contributed by atoms with Crippen molar-refractivity contribution in [3.63, 3.8) is 0 Å². The summed E-state index contributed by atoms with van der Waals surface area (Å²) in [5, 5.41) is -0.0267. The van der Waals surface area contributed by atoms with Crippen molar-refractivity contribution in [1.82, 2.24) is 0 Å². The summed E-state index contributed by atoms with van der Waals surface area (Å²) >= 11 is 1.66. The van der Waals surface area contributed by atoms with E-state index in [0.717, 1.165) is 21.8 Å². The minimum atomic E-state index is -0.0267. The third-order valence-corrected chi connectivity index (χ3v) is 4.85. The number of Topliss-reactive ketones (excluding diaryl/α,β-unsaturated/α-hetero) is 1. The summed E-state index contributed by atoms with van der Waals surface area (Å²) in [6, 6.07) is 21.6. The van der Waals surface area contributed by atoms with Gasteiger partial charge >= 0.3 is 0 Å². The van der Waals surface area contributed by atoms with Gasteiger partial charge in [-0.1, -0.05) is 48.0 Å². The molecule has 0 aliphatic rings. The Hall–Kier alpha value is -2.26. The van der Waals surface area contributed by atoms with Crippen LogP contribution in [0, 0.1) is 6.92 Å². The maximum atomic E-state index is 12.6. The van der Waals surface area contributed by atoms with Crippen molar-refractivity contribution in [2.45, 2.75) is 23.5 Å². The number of hydrogen-bond acceptors (Lipinski definition) is 3. The summed E-state index contributed by atoms with van der Waals surface area (Å²) in [4.78, 5) is 13.7. The molecule has 116 valence electrons. The molecule has 0 radical (unpaired) electrons. The maximum absolute atomic E-state index is 12.6. The van der Waals surface area contributed by atoms with Crippen LogP contribution in [-0.2, 0) is 0 Å². The Labute approximate surface area is 140 Å². The first kappa shape index (κ1) is 15.6. The molecule has 1 atom stereocenters. The molecule has 0 aliphatic carbocycles. The fourth-order valence-corrected chi connectivity index (χ4v) is 3.49. The predicted octanol–water partition coefficient (Wildman–Crippen LogP) is 5.69. The van der Waals surface area contributed by atoms with Crippen LogP contribution in [0.3, 0.4) is 0 Å². The van der Waals surface area contributed by atoms with Crippen LogP contribution in [-0.4, -0.2) is 5.78 Å². The van der Waals surface area contributed by atoms with Gasteiger partial charge in [0.2, 0.25) is 0 Å². The number of carbonyl (C=O) groups excluding carboxylic acids is 1. The smallest absolute Gasteiger partial charge is 0.164 e. The zero-order valence-electron chi connectivity index (χ0n) is 12.9. The first-order valence-corrected chi connectivity index (χ1v) is 8.45. The van der Waals surface area contributed by atoms with E-state index in [4.69, 9.17) is 4.42 Å². The second-order valence-corrected chi connectivity index (χ2v) is 6.70. The van der Waals surface area contributed by atoms with Crippen molar-refractivity contribution in [3.8, 4) is 0 Å². The van der Waals surface area contributed by atoms with Gasteiger partial charge in [-0.15, -0.1) is 11.8 Å². The lowest BCUT2D eigenvalue weighted by atomic mass is 10.0. The Morgan fingerprint density at radius 3 is 2.39 bits per heavy atom. The van der Waals surface area contributed by atoms with Gasteiger partial charge in [0.1, 0.15) is 5.76 Å². The number of benzene rings is 2. The zero-order valence-corrected chi connectivity index (χ0v) is 13.8. The van der Waals surface area contributed by atoms with E-state index in [2.05, 4.69) is 12.1 Å². The molecular formula is C20H18O2S. The van der Waals surface area contributed by atoms with Crippen molar-refractivity contribution < 1.29 is 9.21 Å². The molecule has 0 bridgehead atoms. The van der Waals surface area contributed by atoms with Crippen LogP contribution in [0.15, 0.2) is 82.3 Å². The second-order valence-electron chi connectivity index (χ2n) is 5.43. The summed E-state index contributed by atoms with van der Waals surface area (Å²) in [5.74, 6) is 0.967. The van der Waals surface area contributed by atoms with Crippen molar-refractivity contribution in [3.05, 3.63) is 89.9 Å². The molecule has 0 fully saturated rings. The van der Waals surface area contributed by atoms with E-state index in [0.29, 0.717) is 6.42 Å². The predicted molar refractivity (Wildman–Crippen MR) is 93.9 cm³/mol. The molecule has 0 saturated carbocycles. The SMILES string of the molecule is Cc1ccc(C(=O)CC(Sc2ccccc2)c2ccco2)cc1. The number of carbonyl (C=O) groups is 1. The standard InChI is InChI=1S/C20H18O2S/c1-15-9-11-16(12-10-15)18(21)14-20(19-8-5-13-22-19)23-17-6-3-2-4-7-17/h2-13,20H,14H2,1H3. The van der Waals surface area contributed by atoms with Gasteiger partial charge in [0, 0.05) is 16.9 Å². The number of furan rings is 1. The highest BCUT2D eigenvalue weighted by atomic mass is 32.2. The van der Waals surface area contributed by atoms with Crippen molar-refractivity contribution in [1.29, 1.82) is 0 Å². The quantitative estimate of drug-likeness (QED) is 0.431. The lowest BCUT2D eigenvalue weighted by molar-refractivity contribution is 0.0980. The number of ketones is 1. The van der Waals surface area contributed by atoms with E-state index in [1.54, 1.807) is 18.0 Å². The molecular weight excluding hydrogens is 304 g/mol. The third-order valence-electron chi connectivity index (χ3n) is 3.63. The molecule has 2 aromatic carbocycles. The molecule has 0 N–H and O–H groups in total. The van der Waals surface area contributed by atoms with Crippen LogP contribution in [0.1, 0.15) is 33.4 Å². The van der Waals surface area contributed by atoms with E-state index < -0.39 is 0 Å². The molecule has 3 heteroatoms. The molecule has 3 aromatic rings. The van der Waals surface area contributed by atoms with Crippen LogP contribution < -0.4 is 0 Å². The van der Waals surface area contributed by atoms with Crippen LogP contribution in [0.5, 0.6) is 0 Å². The first-order valence-electron chi connectivity index (χ1n) is 7.57. The zero-order chi connectivity index (χ0) is 16.1. The molecule has 1 heterocycles. The number of hydrogen-bond donors (Lipinski definition) is 0. The largest absolute Gasteiger partial charge is 0.468 e. The van der Waals surface area contributed by atoms with Gasteiger partial charge in [-0.05, 0) is 31.2 Å².